The number of thiophene rings is 1. The van der Waals surface area contributed by atoms with Gasteiger partial charge in [-0.1, -0.05) is 48.5 Å². The highest BCUT2D eigenvalue weighted by Gasteiger charge is 2.36. The summed E-state index contributed by atoms with van der Waals surface area (Å²) < 4.78 is 5.33. The summed E-state index contributed by atoms with van der Waals surface area (Å²) in [5.41, 5.74) is 5.49. The first-order valence-electron chi connectivity index (χ1n) is 11.5. The van der Waals surface area contributed by atoms with Crippen LogP contribution in [-0.4, -0.2) is 29.8 Å². The number of nitrogens with one attached hydrogen (secondary N) is 1. The van der Waals surface area contributed by atoms with Gasteiger partial charge in [-0.3, -0.25) is 9.69 Å². The predicted molar refractivity (Wildman–Crippen MR) is 151 cm³/mol. The Hall–Kier alpha value is -3.81. The van der Waals surface area contributed by atoms with Crippen LogP contribution in [0.15, 0.2) is 91.0 Å². The molecule has 178 valence electrons. The smallest absolute Gasteiger partial charge is 0.272 e. The van der Waals surface area contributed by atoms with Crippen molar-refractivity contribution in [1.82, 2.24) is 4.98 Å². The van der Waals surface area contributed by atoms with Crippen molar-refractivity contribution >= 4 is 50.6 Å². The summed E-state index contributed by atoms with van der Waals surface area (Å²) in [7, 11) is 1.66. The highest BCUT2D eigenvalue weighted by atomic mass is 32.2. The summed E-state index contributed by atoms with van der Waals surface area (Å²) in [6, 6.07) is 30.1. The van der Waals surface area contributed by atoms with E-state index in [2.05, 4.69) is 23.5 Å². The number of hydrogen-bond donors (Lipinski definition) is 1. The Labute approximate surface area is 217 Å². The van der Waals surface area contributed by atoms with E-state index in [1.165, 1.54) is 11.3 Å². The first kappa shape index (κ1) is 22.6. The molecule has 1 aliphatic heterocycles. The number of nitrogens with zero attached hydrogens (tertiary/aromatic N) is 2. The highest BCUT2D eigenvalue weighted by Crippen LogP contribution is 2.46. The lowest BCUT2D eigenvalue weighted by Gasteiger charge is -2.35. The van der Waals surface area contributed by atoms with Crippen molar-refractivity contribution in [2.75, 3.05) is 23.6 Å². The molecule has 0 fully saturated rings. The topological polar surface area (TPSA) is 54.5 Å². The van der Waals surface area contributed by atoms with Gasteiger partial charge in [-0.25, -0.2) is 4.98 Å². The maximum Gasteiger partial charge on any atom is 0.272 e. The van der Waals surface area contributed by atoms with Crippen molar-refractivity contribution < 1.29 is 9.53 Å². The Morgan fingerprint density at radius 3 is 2.31 bits per heavy atom. The lowest BCUT2D eigenvalue weighted by Crippen LogP contribution is -2.46. The molecule has 7 heteroatoms. The summed E-state index contributed by atoms with van der Waals surface area (Å²) in [5.74, 6) is 0.788. The molecule has 0 bridgehead atoms. The van der Waals surface area contributed by atoms with Crippen LogP contribution in [-0.2, 0) is 0 Å². The van der Waals surface area contributed by atoms with Crippen molar-refractivity contribution in [2.24, 2.45) is 0 Å². The van der Waals surface area contributed by atoms with E-state index in [0.717, 1.165) is 49.7 Å². The maximum atomic E-state index is 13.9. The number of aromatic nitrogens is 1. The van der Waals surface area contributed by atoms with E-state index in [1.54, 1.807) is 18.9 Å². The summed E-state index contributed by atoms with van der Waals surface area (Å²) in [4.78, 5) is 22.2. The van der Waals surface area contributed by atoms with Gasteiger partial charge in [0.15, 0.2) is 5.50 Å². The van der Waals surface area contributed by atoms with Crippen molar-refractivity contribution in [1.29, 1.82) is 0 Å². The number of carbonyl (C=O) groups excluding carboxylic acids is 1. The Balaban J connectivity index is 1.57. The molecular weight excluding hydrogens is 486 g/mol. The minimum atomic E-state index is -0.227. The van der Waals surface area contributed by atoms with Gasteiger partial charge in [0.1, 0.15) is 15.5 Å². The summed E-state index contributed by atoms with van der Waals surface area (Å²) in [6.45, 7) is 0. The Kier molecular flexibility index (Phi) is 5.87. The number of benzene rings is 3. The van der Waals surface area contributed by atoms with Gasteiger partial charge in [0.05, 0.1) is 18.5 Å². The molecule has 0 spiro atoms. The molecule has 1 aliphatic rings. The van der Waals surface area contributed by atoms with Crippen LogP contribution in [0.25, 0.3) is 32.6 Å². The zero-order valence-corrected chi connectivity index (χ0v) is 21.4. The number of rotatable bonds is 5. The van der Waals surface area contributed by atoms with Crippen molar-refractivity contribution in [3.05, 3.63) is 95.9 Å². The fourth-order valence-electron chi connectivity index (χ4n) is 4.55. The monoisotopic (exact) mass is 509 g/mol. The SMILES string of the molecule is COc1ccc(-c2cc(-c3ccccc3)c3c4c(sc3n2)C(=O)N(c2ccccc2)C(SC)N4)cc1. The Morgan fingerprint density at radius 2 is 1.64 bits per heavy atom. The van der Waals surface area contributed by atoms with Gasteiger partial charge in [-0.15, -0.1) is 23.1 Å². The van der Waals surface area contributed by atoms with Crippen molar-refractivity contribution in [3.63, 3.8) is 0 Å². The lowest BCUT2D eigenvalue weighted by molar-refractivity contribution is 0.0987. The quantitative estimate of drug-likeness (QED) is 0.268. The Morgan fingerprint density at radius 1 is 0.944 bits per heavy atom. The van der Waals surface area contributed by atoms with E-state index in [-0.39, 0.29) is 11.4 Å². The van der Waals surface area contributed by atoms with Crippen LogP contribution in [0.3, 0.4) is 0 Å². The van der Waals surface area contributed by atoms with E-state index >= 15 is 0 Å². The second-order valence-corrected chi connectivity index (χ2v) is 10.3. The number of methoxy groups -OCH3 is 1. The predicted octanol–water partition coefficient (Wildman–Crippen LogP) is 7.36. The van der Waals surface area contributed by atoms with Crippen LogP contribution < -0.4 is 15.0 Å². The first-order valence-corrected chi connectivity index (χ1v) is 13.6. The van der Waals surface area contributed by atoms with E-state index in [4.69, 9.17) is 9.72 Å². The van der Waals surface area contributed by atoms with Crippen LogP contribution in [0.5, 0.6) is 5.75 Å². The normalized spacial score (nSPS) is 15.0. The van der Waals surface area contributed by atoms with Gasteiger partial charge >= 0.3 is 0 Å². The van der Waals surface area contributed by atoms with Gasteiger partial charge in [-0.2, -0.15) is 0 Å². The molecule has 5 nitrogen and oxygen atoms in total. The number of carbonyl (C=O) groups is 1. The number of anilines is 2. The molecular formula is C29H23N3O2S2. The minimum Gasteiger partial charge on any atom is -0.497 e. The van der Waals surface area contributed by atoms with Crippen LogP contribution in [0.2, 0.25) is 0 Å². The molecule has 36 heavy (non-hydrogen) atoms. The summed E-state index contributed by atoms with van der Waals surface area (Å²) in [5, 5.41) is 4.64. The second kappa shape index (κ2) is 9.33. The second-order valence-electron chi connectivity index (χ2n) is 8.38. The van der Waals surface area contributed by atoms with Crippen LogP contribution in [0.1, 0.15) is 9.67 Å². The number of ether oxygens (including phenoxy) is 1. The maximum absolute atomic E-state index is 13.9. The third-order valence-electron chi connectivity index (χ3n) is 6.31. The van der Waals surface area contributed by atoms with Gasteiger partial charge < -0.3 is 10.1 Å². The summed E-state index contributed by atoms with van der Waals surface area (Å²) >= 11 is 3.04. The summed E-state index contributed by atoms with van der Waals surface area (Å²) in [6.07, 6.45) is 2.01. The fourth-order valence-corrected chi connectivity index (χ4v) is 6.32. The molecule has 0 aliphatic carbocycles. The van der Waals surface area contributed by atoms with Crippen LogP contribution in [0, 0.1) is 0 Å². The third kappa shape index (κ3) is 3.81. The number of para-hydroxylation sites is 1. The van der Waals surface area contributed by atoms with E-state index in [1.807, 2.05) is 84.0 Å². The molecule has 0 radical (unpaired) electrons. The van der Waals surface area contributed by atoms with Crippen LogP contribution >= 0.6 is 23.1 Å². The van der Waals surface area contributed by atoms with Crippen molar-refractivity contribution in [3.8, 4) is 28.1 Å². The molecule has 5 aromatic rings. The standard InChI is InChI=1S/C29H23N3O2S2/c1-34-21-15-13-19(14-16-21)23-17-22(18-9-5-3-6-10-18)24-25-26(36-27(24)30-23)28(33)32(29(31-25)35-2)20-11-7-4-8-12-20/h3-17,29,31H,1-2H3. The molecule has 6 rings (SSSR count). The zero-order chi connectivity index (χ0) is 24.6. The largest absolute Gasteiger partial charge is 0.497 e. The number of thioether (sulfide) groups is 1. The number of fused-ring (bicyclic) bond motifs is 3. The average molecular weight is 510 g/mol. The molecule has 1 unspecified atom stereocenters. The van der Waals surface area contributed by atoms with E-state index in [9.17, 15) is 4.79 Å². The van der Waals surface area contributed by atoms with Gasteiger partial charge in [0.25, 0.3) is 5.91 Å². The molecule has 2 aromatic heterocycles. The molecule has 1 amide bonds. The molecule has 0 saturated carbocycles. The Bertz CT molecular complexity index is 1550. The number of pyridine rings is 1. The number of amides is 1. The molecule has 1 N–H and O–H groups in total. The van der Waals surface area contributed by atoms with Crippen LogP contribution in [0.4, 0.5) is 11.4 Å². The lowest BCUT2D eigenvalue weighted by atomic mass is 9.99. The molecule has 1 atom stereocenters. The van der Waals surface area contributed by atoms with Gasteiger partial charge in [0.2, 0.25) is 0 Å². The molecule has 3 heterocycles. The number of hydrogen-bond acceptors (Lipinski definition) is 6. The van der Waals surface area contributed by atoms with E-state index < -0.39 is 0 Å². The third-order valence-corrected chi connectivity index (χ3v) is 8.15. The van der Waals surface area contributed by atoms with Gasteiger partial charge in [-0.05, 0) is 59.8 Å². The molecule has 3 aromatic carbocycles. The highest BCUT2D eigenvalue weighted by molar-refractivity contribution is 7.99. The first-order chi connectivity index (χ1) is 17.7. The van der Waals surface area contributed by atoms with Gasteiger partial charge in [0, 0.05) is 16.6 Å². The average Bonchev–Trinajstić information content (AvgIpc) is 3.32. The molecule has 0 saturated heterocycles. The van der Waals surface area contributed by atoms with Crippen molar-refractivity contribution in [2.45, 2.75) is 5.50 Å². The minimum absolute atomic E-state index is 0.0118. The zero-order valence-electron chi connectivity index (χ0n) is 19.8. The van der Waals surface area contributed by atoms with E-state index in [0.29, 0.717) is 4.88 Å². The fraction of sp³-hybridized carbons (Fsp3) is 0.103.